The van der Waals surface area contributed by atoms with Gasteiger partial charge >= 0.3 is 5.97 Å². The Morgan fingerprint density at radius 3 is 0.988 bits per heavy atom. The Morgan fingerprint density at radius 2 is 0.637 bits per heavy atom. The number of allylic oxidation sites excluding steroid dienone is 8. The number of aliphatic hydroxyl groups excluding tert-OH is 2. The maximum absolute atomic E-state index is 12.6. The zero-order valence-electron chi connectivity index (χ0n) is 53.8. The monoisotopic (exact) mass is 1120 g/mol. The van der Waals surface area contributed by atoms with Crippen LogP contribution in [0.15, 0.2) is 48.6 Å². The molecule has 0 aromatic rings. The molecule has 0 aliphatic carbocycles. The molecule has 0 saturated heterocycles. The third-order valence-corrected chi connectivity index (χ3v) is 16.6. The molecule has 0 fully saturated rings. The van der Waals surface area contributed by atoms with Gasteiger partial charge in [-0.2, -0.15) is 0 Å². The van der Waals surface area contributed by atoms with Crippen LogP contribution in [0.25, 0.3) is 0 Å². The first-order chi connectivity index (χ1) is 39.5. The number of hydrogen-bond donors (Lipinski definition) is 3. The minimum Gasteiger partial charge on any atom is -0.466 e. The van der Waals surface area contributed by atoms with Gasteiger partial charge in [0.1, 0.15) is 0 Å². The molecule has 80 heavy (non-hydrogen) atoms. The quantitative estimate of drug-likeness (QED) is 0.0320. The lowest BCUT2D eigenvalue weighted by Gasteiger charge is -2.22. The molecule has 0 aliphatic heterocycles. The molecule has 2 unspecified atom stereocenters. The number of hydrogen-bond acceptors (Lipinski definition) is 5. The van der Waals surface area contributed by atoms with Gasteiger partial charge in [0.2, 0.25) is 5.91 Å². The maximum atomic E-state index is 12.6. The number of carbonyl (C=O) groups is 2. The molecule has 470 valence electrons. The van der Waals surface area contributed by atoms with Gasteiger partial charge in [-0.15, -0.1) is 0 Å². The Balaban J connectivity index is 3.44. The number of nitrogens with one attached hydrogen (secondary N) is 1. The van der Waals surface area contributed by atoms with Gasteiger partial charge in [-0.05, 0) is 83.5 Å². The van der Waals surface area contributed by atoms with Crippen molar-refractivity contribution in [2.24, 2.45) is 0 Å². The number of carbonyl (C=O) groups excluding carboxylic acids is 2. The van der Waals surface area contributed by atoms with Crippen molar-refractivity contribution >= 4 is 11.9 Å². The van der Waals surface area contributed by atoms with E-state index < -0.39 is 12.1 Å². The first kappa shape index (κ1) is 77.8. The molecule has 0 aromatic carbocycles. The Bertz CT molecular complexity index is 1340. The van der Waals surface area contributed by atoms with E-state index >= 15 is 0 Å². The van der Waals surface area contributed by atoms with E-state index in [1.807, 2.05) is 0 Å². The van der Waals surface area contributed by atoms with Crippen molar-refractivity contribution in [3.05, 3.63) is 48.6 Å². The summed E-state index contributed by atoms with van der Waals surface area (Å²) in [5.41, 5.74) is 0. The van der Waals surface area contributed by atoms with E-state index in [0.717, 1.165) is 57.8 Å². The smallest absolute Gasteiger partial charge is 0.305 e. The van der Waals surface area contributed by atoms with Gasteiger partial charge in [0.25, 0.3) is 0 Å². The van der Waals surface area contributed by atoms with Gasteiger partial charge in [-0.25, -0.2) is 0 Å². The van der Waals surface area contributed by atoms with Crippen LogP contribution in [0.4, 0.5) is 0 Å². The third kappa shape index (κ3) is 65.0. The van der Waals surface area contributed by atoms with E-state index in [9.17, 15) is 19.8 Å². The van der Waals surface area contributed by atoms with E-state index in [0.29, 0.717) is 25.9 Å². The molecule has 6 heteroatoms. The highest BCUT2D eigenvalue weighted by Crippen LogP contribution is 2.19. The fourth-order valence-electron chi connectivity index (χ4n) is 11.1. The maximum Gasteiger partial charge on any atom is 0.305 e. The minimum absolute atomic E-state index is 0.00534. The van der Waals surface area contributed by atoms with Gasteiger partial charge in [0.05, 0.1) is 25.4 Å². The first-order valence-corrected chi connectivity index (χ1v) is 35.9. The number of amides is 1. The van der Waals surface area contributed by atoms with Gasteiger partial charge in [-0.1, -0.05) is 339 Å². The van der Waals surface area contributed by atoms with Crippen molar-refractivity contribution in [2.45, 2.75) is 398 Å². The lowest BCUT2D eigenvalue weighted by molar-refractivity contribution is -0.143. The highest BCUT2D eigenvalue weighted by atomic mass is 16.5. The van der Waals surface area contributed by atoms with Gasteiger partial charge < -0.3 is 20.3 Å². The Labute approximate surface area is 499 Å². The zero-order valence-corrected chi connectivity index (χ0v) is 53.8. The molecule has 2 atom stereocenters. The van der Waals surface area contributed by atoms with Crippen LogP contribution in [0.2, 0.25) is 0 Å². The Morgan fingerprint density at radius 1 is 0.350 bits per heavy atom. The molecule has 3 N–H and O–H groups in total. The fraction of sp³-hybridized carbons (Fsp3) is 0.865. The minimum atomic E-state index is -0.671. The van der Waals surface area contributed by atoms with Crippen molar-refractivity contribution in [3.8, 4) is 0 Å². The normalized spacial score (nSPS) is 12.8. The lowest BCUT2D eigenvalue weighted by atomic mass is 10.0. The van der Waals surface area contributed by atoms with E-state index in [1.165, 1.54) is 295 Å². The summed E-state index contributed by atoms with van der Waals surface area (Å²) in [7, 11) is 0. The first-order valence-electron chi connectivity index (χ1n) is 35.9. The number of aliphatic hydroxyl groups is 2. The molecule has 0 spiro atoms. The average molecular weight is 1120 g/mol. The van der Waals surface area contributed by atoms with Crippen LogP contribution >= 0.6 is 0 Å². The molecule has 1 amide bonds. The summed E-state index contributed by atoms with van der Waals surface area (Å²) in [5, 5.41) is 23.4. The van der Waals surface area contributed by atoms with Crippen LogP contribution < -0.4 is 5.32 Å². The molecule has 0 bridgehead atoms. The summed E-state index contributed by atoms with van der Waals surface area (Å²) in [4.78, 5) is 24.6. The lowest BCUT2D eigenvalue weighted by Crippen LogP contribution is -2.45. The van der Waals surface area contributed by atoms with Crippen molar-refractivity contribution in [3.63, 3.8) is 0 Å². The Kier molecular flexibility index (Phi) is 67.4. The Hall–Kier alpha value is -2.18. The van der Waals surface area contributed by atoms with Crippen LogP contribution in [-0.2, 0) is 14.3 Å². The number of esters is 1. The molecule has 6 nitrogen and oxygen atoms in total. The highest BCUT2D eigenvalue weighted by Gasteiger charge is 2.20. The molecule has 0 aromatic heterocycles. The molecule has 0 saturated carbocycles. The predicted molar refractivity (Wildman–Crippen MR) is 352 cm³/mol. The molecular formula is C74H139NO5. The van der Waals surface area contributed by atoms with E-state index in [-0.39, 0.29) is 18.5 Å². The van der Waals surface area contributed by atoms with E-state index in [1.54, 1.807) is 0 Å². The average Bonchev–Trinajstić information content (AvgIpc) is 3.46. The predicted octanol–water partition coefficient (Wildman–Crippen LogP) is 23.3. The van der Waals surface area contributed by atoms with E-state index in [2.05, 4.69) is 67.8 Å². The number of unbranched alkanes of at least 4 members (excludes halogenated alkanes) is 48. The largest absolute Gasteiger partial charge is 0.466 e. The zero-order chi connectivity index (χ0) is 57.8. The second-order valence-corrected chi connectivity index (χ2v) is 24.6. The summed E-state index contributed by atoms with van der Waals surface area (Å²) in [6.45, 7) is 4.93. The summed E-state index contributed by atoms with van der Waals surface area (Å²) in [5.74, 6) is -0.0427. The van der Waals surface area contributed by atoms with Gasteiger partial charge in [0, 0.05) is 12.8 Å². The molecule has 0 radical (unpaired) electrons. The third-order valence-electron chi connectivity index (χ3n) is 16.6. The second-order valence-electron chi connectivity index (χ2n) is 24.6. The summed E-state index contributed by atoms with van der Waals surface area (Å²) in [6, 6.07) is -0.549. The van der Waals surface area contributed by atoms with E-state index in [4.69, 9.17) is 4.74 Å². The number of rotatable bonds is 67. The van der Waals surface area contributed by atoms with Crippen molar-refractivity contribution in [2.75, 3.05) is 13.2 Å². The fourth-order valence-corrected chi connectivity index (χ4v) is 11.1. The SMILES string of the molecule is CCCC/C=C\C/C=C\CCCCCCCC(=O)OCCCCCCCCCCC/C=C\C/C=C\CCCCCCCCCCCC(=O)NC(CO)C(O)CCCCCCCCCCCCCCCCCCCCCCCCCC. The summed E-state index contributed by atoms with van der Waals surface area (Å²) >= 11 is 0. The van der Waals surface area contributed by atoms with Gasteiger partial charge in [0.15, 0.2) is 0 Å². The molecular weight excluding hydrogens is 983 g/mol. The standard InChI is InChI=1S/C74H139NO5/c1-3-5-7-9-11-13-15-17-19-20-21-22-23-27-30-33-36-39-42-46-50-54-58-62-66-72(77)71(70-76)75-73(78)67-63-59-55-51-47-43-40-37-34-31-28-25-24-26-29-32-35-38-41-45-49-53-57-61-65-69-80-74(79)68-64-60-56-52-48-44-18-16-14-12-10-8-6-4-2/h10,12,16,18,25-26,28-29,71-72,76-77H,3-9,11,13-15,17,19-24,27,30-70H2,1-2H3,(H,75,78)/b12-10-,18-16-,28-25-,29-26-. The molecule has 0 aliphatic rings. The summed E-state index contributed by atoms with van der Waals surface area (Å²) < 4.78 is 5.47. The van der Waals surface area contributed by atoms with Crippen molar-refractivity contribution < 1.29 is 24.5 Å². The topological polar surface area (TPSA) is 95.9 Å². The van der Waals surface area contributed by atoms with Crippen LogP contribution in [0.5, 0.6) is 0 Å². The van der Waals surface area contributed by atoms with Crippen LogP contribution in [0, 0.1) is 0 Å². The second kappa shape index (κ2) is 69.3. The van der Waals surface area contributed by atoms with Crippen molar-refractivity contribution in [1.82, 2.24) is 5.32 Å². The van der Waals surface area contributed by atoms with Crippen molar-refractivity contribution in [1.29, 1.82) is 0 Å². The summed E-state index contributed by atoms with van der Waals surface area (Å²) in [6.07, 6.45) is 90.1. The highest BCUT2D eigenvalue weighted by molar-refractivity contribution is 5.76. The van der Waals surface area contributed by atoms with Crippen LogP contribution in [0.3, 0.4) is 0 Å². The van der Waals surface area contributed by atoms with Crippen LogP contribution in [0.1, 0.15) is 386 Å². The van der Waals surface area contributed by atoms with Gasteiger partial charge in [-0.3, -0.25) is 9.59 Å². The number of ether oxygens (including phenoxy) is 1. The molecule has 0 heterocycles. The van der Waals surface area contributed by atoms with Crippen LogP contribution in [-0.4, -0.2) is 47.4 Å². The molecule has 0 rings (SSSR count).